The third kappa shape index (κ3) is 2.52. The molecule has 0 saturated carbocycles. The molecule has 0 atom stereocenters. The molecule has 0 unspecified atom stereocenters. The van der Waals surface area contributed by atoms with Gasteiger partial charge in [0, 0.05) is 33.1 Å². The zero-order chi connectivity index (χ0) is 13.1. The fourth-order valence-corrected chi connectivity index (χ4v) is 2.05. The first-order valence-electron chi connectivity index (χ1n) is 6.04. The number of amides is 1. The number of piperidine rings is 1. The fraction of sp³-hybridized carbons (Fsp3) is 0.583. The van der Waals surface area contributed by atoms with Gasteiger partial charge in [-0.25, -0.2) is 0 Å². The van der Waals surface area contributed by atoms with Crippen molar-refractivity contribution in [3.8, 4) is 0 Å². The van der Waals surface area contributed by atoms with E-state index in [1.807, 2.05) is 19.0 Å². The van der Waals surface area contributed by atoms with Crippen LogP contribution in [0.15, 0.2) is 17.2 Å². The van der Waals surface area contributed by atoms with Gasteiger partial charge in [-0.3, -0.25) is 4.79 Å². The first-order valence-corrected chi connectivity index (χ1v) is 6.04. The van der Waals surface area contributed by atoms with Crippen LogP contribution in [0, 0.1) is 0 Å². The van der Waals surface area contributed by atoms with Crippen molar-refractivity contribution in [3.05, 3.63) is 18.5 Å². The van der Waals surface area contributed by atoms with Crippen LogP contribution >= 0.6 is 0 Å². The summed E-state index contributed by atoms with van der Waals surface area (Å²) in [6.45, 7) is 4.93. The molecule has 0 N–H and O–H groups in total. The van der Waals surface area contributed by atoms with E-state index in [1.165, 1.54) is 6.08 Å². The molecule has 1 aromatic rings. The molecule has 1 aliphatic heterocycles. The van der Waals surface area contributed by atoms with Gasteiger partial charge in [0.2, 0.25) is 11.8 Å². The van der Waals surface area contributed by atoms with Gasteiger partial charge in [0.25, 0.3) is 5.95 Å². The van der Waals surface area contributed by atoms with Crippen LogP contribution in [0.4, 0.5) is 5.95 Å². The smallest absolute Gasteiger partial charge is 0.265 e. The monoisotopic (exact) mass is 250 g/mol. The molecule has 2 heterocycles. The quantitative estimate of drug-likeness (QED) is 0.750. The van der Waals surface area contributed by atoms with Crippen LogP contribution < -0.4 is 4.90 Å². The van der Waals surface area contributed by atoms with Crippen molar-refractivity contribution in [2.45, 2.75) is 18.8 Å². The predicted octanol–water partition coefficient (Wildman–Crippen LogP) is 1.03. The lowest BCUT2D eigenvalue weighted by molar-refractivity contribution is -0.127. The second kappa shape index (κ2) is 5.20. The number of rotatable bonds is 3. The van der Waals surface area contributed by atoms with E-state index in [4.69, 9.17) is 4.52 Å². The number of nitrogens with zero attached hydrogens (tertiary/aromatic N) is 4. The molecule has 0 spiro atoms. The zero-order valence-corrected chi connectivity index (χ0v) is 10.8. The van der Waals surface area contributed by atoms with Crippen LogP contribution in [0.5, 0.6) is 0 Å². The Labute approximate surface area is 106 Å². The average molecular weight is 250 g/mol. The Hall–Kier alpha value is -1.85. The summed E-state index contributed by atoms with van der Waals surface area (Å²) >= 11 is 0. The summed E-state index contributed by atoms with van der Waals surface area (Å²) in [5.41, 5.74) is 0. The molecule has 2 rings (SSSR count). The lowest BCUT2D eigenvalue weighted by Crippen LogP contribution is -2.36. The largest absolute Gasteiger partial charge is 0.344 e. The van der Waals surface area contributed by atoms with Crippen molar-refractivity contribution in [2.75, 3.05) is 32.1 Å². The minimum Gasteiger partial charge on any atom is -0.344 e. The number of likely N-dealkylation sites (tertiary alicyclic amines) is 1. The number of hydrogen-bond acceptors (Lipinski definition) is 5. The molecule has 1 aliphatic rings. The maximum atomic E-state index is 11.5. The molecule has 18 heavy (non-hydrogen) atoms. The zero-order valence-electron chi connectivity index (χ0n) is 10.8. The molecule has 1 amide bonds. The highest BCUT2D eigenvalue weighted by atomic mass is 16.5. The highest BCUT2D eigenvalue weighted by molar-refractivity contribution is 5.87. The first-order chi connectivity index (χ1) is 8.61. The van der Waals surface area contributed by atoms with E-state index in [0.29, 0.717) is 11.8 Å². The predicted molar refractivity (Wildman–Crippen MR) is 67.4 cm³/mol. The minimum atomic E-state index is -0.00652. The van der Waals surface area contributed by atoms with Gasteiger partial charge in [0.1, 0.15) is 0 Å². The Kier molecular flexibility index (Phi) is 3.64. The fourth-order valence-electron chi connectivity index (χ4n) is 2.05. The van der Waals surface area contributed by atoms with Crippen molar-refractivity contribution in [3.63, 3.8) is 0 Å². The Morgan fingerprint density at radius 3 is 2.67 bits per heavy atom. The van der Waals surface area contributed by atoms with Gasteiger partial charge in [-0.05, 0) is 24.1 Å². The first kappa shape index (κ1) is 12.6. The topological polar surface area (TPSA) is 62.5 Å². The average Bonchev–Trinajstić information content (AvgIpc) is 2.88. The van der Waals surface area contributed by atoms with Crippen molar-refractivity contribution in [1.29, 1.82) is 0 Å². The van der Waals surface area contributed by atoms with Gasteiger partial charge in [0.15, 0.2) is 0 Å². The van der Waals surface area contributed by atoms with Crippen LogP contribution in [0.1, 0.15) is 24.7 Å². The van der Waals surface area contributed by atoms with Crippen molar-refractivity contribution in [1.82, 2.24) is 15.0 Å². The second-order valence-electron chi connectivity index (χ2n) is 4.63. The van der Waals surface area contributed by atoms with Crippen molar-refractivity contribution in [2.24, 2.45) is 0 Å². The summed E-state index contributed by atoms with van der Waals surface area (Å²) in [6.07, 6.45) is 3.07. The Bertz CT molecular complexity index is 433. The standard InChI is InChI=1S/C12H18N4O2/c1-4-10(17)16-7-5-9(6-8-16)11-13-12(14-18-11)15(2)3/h4,9H,1,5-8H2,2-3H3. The normalized spacial score (nSPS) is 16.7. The molecule has 98 valence electrons. The minimum absolute atomic E-state index is 0.00652. The van der Waals surface area contributed by atoms with E-state index < -0.39 is 0 Å². The molecule has 0 radical (unpaired) electrons. The Balaban J connectivity index is 1.96. The van der Waals surface area contributed by atoms with Crippen LogP contribution in [0.2, 0.25) is 0 Å². The summed E-state index contributed by atoms with van der Waals surface area (Å²) in [7, 11) is 3.75. The molecular formula is C12H18N4O2. The lowest BCUT2D eigenvalue weighted by atomic mass is 9.97. The van der Waals surface area contributed by atoms with E-state index in [-0.39, 0.29) is 11.8 Å². The number of carbonyl (C=O) groups excluding carboxylic acids is 1. The van der Waals surface area contributed by atoms with E-state index >= 15 is 0 Å². The molecule has 0 bridgehead atoms. The number of hydrogen-bond donors (Lipinski definition) is 0. The van der Waals surface area contributed by atoms with Gasteiger partial charge in [-0.15, -0.1) is 0 Å². The molecule has 0 aromatic carbocycles. The summed E-state index contributed by atoms with van der Waals surface area (Å²) in [4.78, 5) is 19.4. The van der Waals surface area contributed by atoms with Crippen LogP contribution in [0.3, 0.4) is 0 Å². The number of carbonyl (C=O) groups is 1. The number of anilines is 1. The van der Waals surface area contributed by atoms with E-state index in [0.717, 1.165) is 25.9 Å². The molecule has 1 aromatic heterocycles. The molecule has 1 saturated heterocycles. The Morgan fingerprint density at radius 2 is 2.17 bits per heavy atom. The summed E-state index contributed by atoms with van der Waals surface area (Å²) in [5.74, 6) is 1.51. The number of aromatic nitrogens is 2. The third-order valence-corrected chi connectivity index (χ3v) is 3.16. The van der Waals surface area contributed by atoms with Crippen molar-refractivity contribution >= 4 is 11.9 Å². The third-order valence-electron chi connectivity index (χ3n) is 3.16. The highest BCUT2D eigenvalue weighted by Crippen LogP contribution is 2.27. The lowest BCUT2D eigenvalue weighted by Gasteiger charge is -2.29. The van der Waals surface area contributed by atoms with Gasteiger partial charge in [-0.1, -0.05) is 6.58 Å². The van der Waals surface area contributed by atoms with Crippen molar-refractivity contribution < 1.29 is 9.32 Å². The van der Waals surface area contributed by atoms with Gasteiger partial charge in [0.05, 0.1) is 0 Å². The summed E-state index contributed by atoms with van der Waals surface area (Å²) < 4.78 is 5.26. The molecule has 1 fully saturated rings. The molecular weight excluding hydrogens is 232 g/mol. The van der Waals surface area contributed by atoms with E-state index in [1.54, 1.807) is 4.90 Å². The summed E-state index contributed by atoms with van der Waals surface area (Å²) in [5, 5.41) is 3.90. The van der Waals surface area contributed by atoms with E-state index in [9.17, 15) is 4.79 Å². The molecule has 0 aliphatic carbocycles. The molecule has 6 nitrogen and oxygen atoms in total. The highest BCUT2D eigenvalue weighted by Gasteiger charge is 2.26. The van der Waals surface area contributed by atoms with Gasteiger partial charge >= 0.3 is 0 Å². The van der Waals surface area contributed by atoms with Crippen LogP contribution in [0.25, 0.3) is 0 Å². The van der Waals surface area contributed by atoms with Crippen LogP contribution in [-0.4, -0.2) is 48.1 Å². The van der Waals surface area contributed by atoms with Gasteiger partial charge < -0.3 is 14.3 Å². The Morgan fingerprint density at radius 1 is 1.50 bits per heavy atom. The maximum absolute atomic E-state index is 11.5. The maximum Gasteiger partial charge on any atom is 0.265 e. The van der Waals surface area contributed by atoms with Gasteiger partial charge in [-0.2, -0.15) is 4.98 Å². The van der Waals surface area contributed by atoms with E-state index in [2.05, 4.69) is 16.7 Å². The van der Waals surface area contributed by atoms with Crippen LogP contribution in [-0.2, 0) is 4.79 Å². The summed E-state index contributed by atoms with van der Waals surface area (Å²) in [6, 6.07) is 0. The second-order valence-corrected chi connectivity index (χ2v) is 4.63. The SMILES string of the molecule is C=CC(=O)N1CCC(c2nc(N(C)C)no2)CC1. The molecule has 6 heteroatoms.